The van der Waals surface area contributed by atoms with Crippen molar-refractivity contribution in [3.63, 3.8) is 0 Å². The number of piperidine rings is 1. The van der Waals surface area contributed by atoms with Crippen molar-refractivity contribution in [1.29, 1.82) is 0 Å². The van der Waals surface area contributed by atoms with Crippen molar-refractivity contribution in [2.24, 2.45) is 0 Å². The maximum Gasteiger partial charge on any atom is 0.232 e. The number of anilines is 3. The van der Waals surface area contributed by atoms with Crippen LogP contribution in [0, 0.1) is 0 Å². The van der Waals surface area contributed by atoms with Crippen molar-refractivity contribution in [2.45, 2.75) is 38.9 Å². The van der Waals surface area contributed by atoms with Gasteiger partial charge in [0, 0.05) is 38.8 Å². The Hall–Kier alpha value is -3.59. The first-order valence-electron chi connectivity index (χ1n) is 12.6. The second-order valence-corrected chi connectivity index (χ2v) is 9.77. The van der Waals surface area contributed by atoms with E-state index in [-0.39, 0.29) is 0 Å². The number of aromatic nitrogens is 2. The zero-order chi connectivity index (χ0) is 24.3. The zero-order valence-electron chi connectivity index (χ0n) is 20.2. The monoisotopic (exact) mass is 502 g/mol. The average molecular weight is 503 g/mol. The number of nitrogens with one attached hydrogen (secondary N) is 2. The molecule has 1 fully saturated rings. The van der Waals surface area contributed by atoms with Gasteiger partial charge in [0.15, 0.2) is 16.6 Å². The molecule has 8 nitrogen and oxygen atoms in total. The summed E-state index contributed by atoms with van der Waals surface area (Å²) in [5.41, 5.74) is 3.76. The predicted molar refractivity (Wildman–Crippen MR) is 145 cm³/mol. The summed E-state index contributed by atoms with van der Waals surface area (Å²) in [6.07, 6.45) is 3.65. The van der Waals surface area contributed by atoms with Crippen molar-refractivity contribution in [2.75, 3.05) is 41.4 Å². The lowest BCUT2D eigenvalue weighted by Gasteiger charge is -2.29. The van der Waals surface area contributed by atoms with E-state index >= 15 is 0 Å². The minimum atomic E-state index is 0.483. The lowest BCUT2D eigenvalue weighted by atomic mass is 10.1. The molecule has 3 aliphatic rings. The highest BCUT2D eigenvalue weighted by molar-refractivity contribution is 7.80. The molecule has 0 radical (unpaired) electrons. The third kappa shape index (κ3) is 5.02. The van der Waals surface area contributed by atoms with E-state index in [2.05, 4.69) is 50.8 Å². The van der Waals surface area contributed by atoms with E-state index < -0.39 is 0 Å². The molecular formula is C27H30N6O2S. The number of rotatable bonds is 5. The quantitative estimate of drug-likeness (QED) is 0.498. The molecule has 0 unspecified atom stereocenters. The van der Waals surface area contributed by atoms with Crippen LogP contribution < -0.4 is 29.9 Å². The van der Waals surface area contributed by atoms with Crippen molar-refractivity contribution >= 4 is 34.9 Å². The fraction of sp³-hybridized carbons (Fsp3) is 0.370. The van der Waals surface area contributed by atoms with E-state index in [0.717, 1.165) is 54.9 Å². The first kappa shape index (κ1) is 22.8. The molecule has 1 aromatic heterocycles. The fourth-order valence-electron chi connectivity index (χ4n) is 4.95. The largest absolute Gasteiger partial charge is 0.486 e. The Morgan fingerprint density at radius 1 is 0.833 bits per heavy atom. The molecule has 0 atom stereocenters. The van der Waals surface area contributed by atoms with Crippen LogP contribution in [0.1, 0.15) is 36.0 Å². The van der Waals surface area contributed by atoms with Gasteiger partial charge in [-0.05, 0) is 60.3 Å². The molecule has 0 saturated carbocycles. The Balaban J connectivity index is 1.18. The first-order valence-corrected chi connectivity index (χ1v) is 13.0. The summed E-state index contributed by atoms with van der Waals surface area (Å²) in [4.78, 5) is 14.4. The summed E-state index contributed by atoms with van der Waals surface area (Å²) in [6, 6.07) is 16.6. The van der Waals surface area contributed by atoms with Crippen LogP contribution in [0.5, 0.6) is 11.5 Å². The van der Waals surface area contributed by atoms with Crippen LogP contribution in [-0.2, 0) is 19.6 Å². The van der Waals surface area contributed by atoms with Gasteiger partial charge in [0.25, 0.3) is 0 Å². The minimum absolute atomic E-state index is 0.483. The lowest BCUT2D eigenvalue weighted by Crippen LogP contribution is -2.32. The maximum absolute atomic E-state index is 5.69. The second-order valence-electron chi connectivity index (χ2n) is 9.37. The van der Waals surface area contributed by atoms with E-state index in [1.807, 2.05) is 18.2 Å². The van der Waals surface area contributed by atoms with Crippen molar-refractivity contribution in [3.05, 3.63) is 65.2 Å². The van der Waals surface area contributed by atoms with E-state index in [9.17, 15) is 0 Å². The second kappa shape index (κ2) is 10.2. The molecule has 3 aliphatic heterocycles. The third-order valence-electron chi connectivity index (χ3n) is 6.83. The highest BCUT2D eigenvalue weighted by Gasteiger charge is 2.23. The van der Waals surface area contributed by atoms with Crippen LogP contribution in [-0.4, -0.2) is 41.4 Å². The Bertz CT molecular complexity index is 1240. The molecule has 0 bridgehead atoms. The van der Waals surface area contributed by atoms with E-state index in [0.29, 0.717) is 30.8 Å². The van der Waals surface area contributed by atoms with Gasteiger partial charge in [0.2, 0.25) is 5.95 Å². The number of ether oxygens (including phenoxy) is 2. The highest BCUT2D eigenvalue weighted by Crippen LogP contribution is 2.32. The predicted octanol–water partition coefficient (Wildman–Crippen LogP) is 4.24. The molecule has 2 N–H and O–H groups in total. The molecule has 0 aliphatic carbocycles. The SMILES string of the molecule is S=C(NCc1ccc2c(c1)OCCO2)Nc1nc(N2CCCCC2)cc(N2Cc3ccccc3C2)n1. The van der Waals surface area contributed by atoms with E-state index in [4.69, 9.17) is 31.7 Å². The normalized spacial score (nSPS) is 16.4. The minimum Gasteiger partial charge on any atom is -0.486 e. The number of hydrogen-bond donors (Lipinski definition) is 2. The van der Waals surface area contributed by atoms with Gasteiger partial charge in [0.05, 0.1) is 0 Å². The summed E-state index contributed by atoms with van der Waals surface area (Å²) in [6.45, 7) is 5.44. The van der Waals surface area contributed by atoms with Gasteiger partial charge in [-0.15, -0.1) is 0 Å². The van der Waals surface area contributed by atoms with Gasteiger partial charge >= 0.3 is 0 Å². The third-order valence-corrected chi connectivity index (χ3v) is 7.08. The first-order chi connectivity index (χ1) is 17.7. The van der Waals surface area contributed by atoms with E-state index in [1.165, 1.54) is 30.4 Å². The van der Waals surface area contributed by atoms with Gasteiger partial charge in [0.1, 0.15) is 24.8 Å². The van der Waals surface area contributed by atoms with Crippen LogP contribution in [0.3, 0.4) is 0 Å². The molecule has 0 spiro atoms. The van der Waals surface area contributed by atoms with Gasteiger partial charge < -0.3 is 29.9 Å². The number of fused-ring (bicyclic) bond motifs is 2. The average Bonchev–Trinajstić information content (AvgIpc) is 3.37. The van der Waals surface area contributed by atoms with Crippen LogP contribution in [0.2, 0.25) is 0 Å². The Morgan fingerprint density at radius 2 is 1.53 bits per heavy atom. The molecule has 36 heavy (non-hydrogen) atoms. The molecule has 186 valence electrons. The summed E-state index contributed by atoms with van der Waals surface area (Å²) in [5, 5.41) is 6.98. The number of thiocarbonyl (C=S) groups is 1. The standard InChI is InChI=1S/C27H30N6O2S/c36-27(28-16-19-8-9-22-23(14-19)35-13-12-34-22)31-26-29-24(32-10-4-1-5-11-32)15-25(30-26)33-17-20-6-2-3-7-21(20)18-33/h2-3,6-9,14-15H,1,4-5,10-13,16-18H2,(H2,28,29,30,31,36). The number of nitrogens with zero attached hydrogens (tertiary/aromatic N) is 4. The number of benzene rings is 2. The van der Waals surface area contributed by atoms with Crippen LogP contribution in [0.15, 0.2) is 48.5 Å². The molecule has 9 heteroatoms. The smallest absolute Gasteiger partial charge is 0.232 e. The Kier molecular flexibility index (Phi) is 6.46. The Labute approximate surface area is 216 Å². The lowest BCUT2D eigenvalue weighted by molar-refractivity contribution is 0.171. The topological polar surface area (TPSA) is 74.8 Å². The van der Waals surface area contributed by atoms with Crippen LogP contribution in [0.4, 0.5) is 17.6 Å². The summed E-state index contributed by atoms with van der Waals surface area (Å²) in [7, 11) is 0. The van der Waals surface area contributed by atoms with Gasteiger partial charge in [-0.3, -0.25) is 0 Å². The van der Waals surface area contributed by atoms with Gasteiger partial charge in [-0.2, -0.15) is 9.97 Å². The summed E-state index contributed by atoms with van der Waals surface area (Å²) < 4.78 is 11.3. The molecule has 2 aromatic carbocycles. The molecular weight excluding hydrogens is 472 g/mol. The maximum atomic E-state index is 5.69. The van der Waals surface area contributed by atoms with E-state index in [1.54, 1.807) is 0 Å². The van der Waals surface area contributed by atoms with Crippen LogP contribution >= 0.6 is 12.2 Å². The summed E-state index contributed by atoms with van der Waals surface area (Å²) in [5.74, 6) is 3.94. The molecule has 1 saturated heterocycles. The number of hydrogen-bond acceptors (Lipinski definition) is 7. The molecule has 3 aromatic rings. The zero-order valence-corrected chi connectivity index (χ0v) is 21.0. The molecule has 6 rings (SSSR count). The molecule has 0 amide bonds. The van der Waals surface area contributed by atoms with Crippen molar-refractivity contribution in [3.8, 4) is 11.5 Å². The summed E-state index contributed by atoms with van der Waals surface area (Å²) >= 11 is 5.61. The highest BCUT2D eigenvalue weighted by atomic mass is 32.1. The van der Waals surface area contributed by atoms with Crippen molar-refractivity contribution in [1.82, 2.24) is 15.3 Å². The van der Waals surface area contributed by atoms with Gasteiger partial charge in [-0.1, -0.05) is 30.3 Å². The van der Waals surface area contributed by atoms with Crippen molar-refractivity contribution < 1.29 is 9.47 Å². The fourth-order valence-corrected chi connectivity index (χ4v) is 5.11. The molecule has 4 heterocycles. The van der Waals surface area contributed by atoms with Crippen LogP contribution in [0.25, 0.3) is 0 Å². The van der Waals surface area contributed by atoms with Gasteiger partial charge in [-0.25, -0.2) is 0 Å². The Morgan fingerprint density at radius 3 is 2.28 bits per heavy atom.